The predicted octanol–water partition coefficient (Wildman–Crippen LogP) is 2.38. The fourth-order valence-corrected chi connectivity index (χ4v) is 3.23. The molecule has 18 heavy (non-hydrogen) atoms. The normalized spacial score (nSPS) is 25.7. The minimum absolute atomic E-state index is 0.287. The first kappa shape index (κ1) is 10.1. The van der Waals surface area contributed by atoms with Crippen molar-refractivity contribution in [1.29, 1.82) is 0 Å². The van der Waals surface area contributed by atoms with Crippen LogP contribution in [0.5, 0.6) is 5.75 Å². The number of ether oxygens (including phenoxy) is 1. The zero-order valence-electron chi connectivity index (χ0n) is 10.3. The Labute approximate surface area is 106 Å². The summed E-state index contributed by atoms with van der Waals surface area (Å²) < 4.78 is 6.20. The fraction of sp³-hybridized carbons (Fsp3) is 0.429. The third-order valence-electron chi connectivity index (χ3n) is 4.13. The molecule has 4 rings (SSSR count). The molecule has 0 N–H and O–H groups in total. The molecule has 4 nitrogen and oxygen atoms in total. The fourth-order valence-electron chi connectivity index (χ4n) is 3.23. The van der Waals surface area contributed by atoms with Gasteiger partial charge in [0.1, 0.15) is 24.0 Å². The average molecular weight is 241 g/mol. The molecule has 1 aliphatic carbocycles. The van der Waals surface area contributed by atoms with Gasteiger partial charge in [-0.1, -0.05) is 6.07 Å². The maximum atomic E-state index is 6.20. The molecule has 0 bridgehead atoms. The van der Waals surface area contributed by atoms with Crippen LogP contribution in [0.2, 0.25) is 0 Å². The topological polar surface area (TPSA) is 38.2 Å². The van der Waals surface area contributed by atoms with E-state index in [2.05, 4.69) is 21.9 Å². The van der Waals surface area contributed by atoms with Gasteiger partial charge in [-0.25, -0.2) is 9.97 Å². The monoisotopic (exact) mass is 241 g/mol. The Kier molecular flexibility index (Phi) is 2.01. The van der Waals surface area contributed by atoms with Crippen molar-refractivity contribution in [3.8, 4) is 5.75 Å². The minimum Gasteiger partial charge on any atom is -0.487 e. The van der Waals surface area contributed by atoms with E-state index >= 15 is 0 Å². The van der Waals surface area contributed by atoms with Crippen molar-refractivity contribution in [2.75, 3.05) is 11.9 Å². The van der Waals surface area contributed by atoms with Crippen molar-refractivity contribution in [2.45, 2.75) is 31.4 Å². The molecule has 0 radical (unpaired) electrons. The van der Waals surface area contributed by atoms with Gasteiger partial charge in [0.15, 0.2) is 0 Å². The molecular weight excluding hydrogens is 226 g/mol. The van der Waals surface area contributed by atoms with Crippen LogP contribution in [0.1, 0.15) is 19.3 Å². The lowest BCUT2D eigenvalue weighted by atomic mass is 10.2. The van der Waals surface area contributed by atoms with E-state index in [-0.39, 0.29) is 6.10 Å². The molecule has 2 aromatic rings. The van der Waals surface area contributed by atoms with Gasteiger partial charge in [0.25, 0.3) is 0 Å². The van der Waals surface area contributed by atoms with Crippen LogP contribution in [0, 0.1) is 0 Å². The lowest BCUT2D eigenvalue weighted by Crippen LogP contribution is -2.39. The van der Waals surface area contributed by atoms with Gasteiger partial charge >= 0.3 is 0 Å². The number of fused-ring (bicyclic) bond motifs is 1. The standard InChI is InChI=1S/C14H15N3O/c1-17-10-5-3-6-11(10)18-12-7-2-4-9-13(12)14(17)16-8-15-9/h2,4,7-8,10-11H,3,5-6H2,1H3. The van der Waals surface area contributed by atoms with Gasteiger partial charge in [-0.3, -0.25) is 0 Å². The van der Waals surface area contributed by atoms with E-state index in [1.54, 1.807) is 6.33 Å². The number of anilines is 1. The van der Waals surface area contributed by atoms with Crippen LogP contribution in [0.3, 0.4) is 0 Å². The van der Waals surface area contributed by atoms with Gasteiger partial charge in [-0.15, -0.1) is 0 Å². The molecule has 1 aromatic heterocycles. The second-order valence-corrected chi connectivity index (χ2v) is 5.11. The molecule has 0 saturated heterocycles. The quantitative estimate of drug-likeness (QED) is 0.709. The van der Waals surface area contributed by atoms with Crippen LogP contribution < -0.4 is 9.64 Å². The summed E-state index contributed by atoms with van der Waals surface area (Å²) in [7, 11) is 2.12. The highest BCUT2D eigenvalue weighted by molar-refractivity contribution is 5.95. The molecule has 0 amide bonds. The highest BCUT2D eigenvalue weighted by Crippen LogP contribution is 2.40. The molecule has 92 valence electrons. The zero-order valence-corrected chi connectivity index (χ0v) is 10.3. The SMILES string of the molecule is CN1c2ncnc3cccc(c23)OC2CCCC21. The summed E-state index contributed by atoms with van der Waals surface area (Å²) in [6.45, 7) is 0. The number of benzene rings is 1. The first-order valence-electron chi connectivity index (χ1n) is 6.48. The highest BCUT2D eigenvalue weighted by atomic mass is 16.5. The first-order valence-corrected chi connectivity index (χ1v) is 6.48. The first-order chi connectivity index (χ1) is 8.84. The molecule has 2 atom stereocenters. The van der Waals surface area contributed by atoms with Crippen LogP contribution in [-0.4, -0.2) is 29.2 Å². The number of rotatable bonds is 0. The number of nitrogens with zero attached hydrogens (tertiary/aromatic N) is 3. The van der Waals surface area contributed by atoms with Crippen molar-refractivity contribution in [2.24, 2.45) is 0 Å². The molecule has 2 heterocycles. The molecule has 4 heteroatoms. The predicted molar refractivity (Wildman–Crippen MR) is 70.0 cm³/mol. The van der Waals surface area contributed by atoms with E-state index in [0.29, 0.717) is 6.04 Å². The third kappa shape index (κ3) is 1.26. The molecule has 0 spiro atoms. The van der Waals surface area contributed by atoms with Gasteiger partial charge in [-0.05, 0) is 31.4 Å². The van der Waals surface area contributed by atoms with E-state index in [4.69, 9.17) is 4.74 Å². The number of likely N-dealkylation sites (N-methyl/N-ethyl adjacent to an activating group) is 1. The summed E-state index contributed by atoms with van der Waals surface area (Å²) in [5.74, 6) is 1.94. The van der Waals surface area contributed by atoms with Crippen LogP contribution in [0.4, 0.5) is 5.82 Å². The van der Waals surface area contributed by atoms with E-state index < -0.39 is 0 Å². The van der Waals surface area contributed by atoms with Crippen molar-refractivity contribution in [1.82, 2.24) is 9.97 Å². The van der Waals surface area contributed by atoms with E-state index in [9.17, 15) is 0 Å². The zero-order chi connectivity index (χ0) is 12.1. The molecule has 2 aliphatic rings. The number of hydrogen-bond donors (Lipinski definition) is 0. The van der Waals surface area contributed by atoms with Gasteiger partial charge < -0.3 is 9.64 Å². The van der Waals surface area contributed by atoms with Crippen LogP contribution in [-0.2, 0) is 0 Å². The van der Waals surface area contributed by atoms with Gasteiger partial charge in [0.05, 0.1) is 16.9 Å². The molecule has 1 aliphatic heterocycles. The van der Waals surface area contributed by atoms with Crippen LogP contribution in [0.15, 0.2) is 24.5 Å². The second kappa shape index (κ2) is 3.57. The van der Waals surface area contributed by atoms with Gasteiger partial charge in [0.2, 0.25) is 0 Å². The lowest BCUT2D eigenvalue weighted by Gasteiger charge is -2.27. The van der Waals surface area contributed by atoms with E-state index in [0.717, 1.165) is 28.9 Å². The minimum atomic E-state index is 0.287. The Morgan fingerprint density at radius 2 is 2.22 bits per heavy atom. The summed E-state index contributed by atoms with van der Waals surface area (Å²) in [4.78, 5) is 11.1. The summed E-state index contributed by atoms with van der Waals surface area (Å²) in [6.07, 6.45) is 5.48. The summed E-state index contributed by atoms with van der Waals surface area (Å²) >= 11 is 0. The maximum absolute atomic E-state index is 6.20. The summed E-state index contributed by atoms with van der Waals surface area (Å²) in [5.41, 5.74) is 0.962. The second-order valence-electron chi connectivity index (χ2n) is 5.11. The Bertz CT molecular complexity index is 608. The van der Waals surface area contributed by atoms with Crippen molar-refractivity contribution < 1.29 is 4.74 Å². The van der Waals surface area contributed by atoms with Gasteiger partial charge in [0, 0.05) is 7.05 Å². The molecular formula is C14H15N3O. The largest absolute Gasteiger partial charge is 0.487 e. The van der Waals surface area contributed by atoms with Crippen molar-refractivity contribution in [3.05, 3.63) is 24.5 Å². The van der Waals surface area contributed by atoms with Gasteiger partial charge in [-0.2, -0.15) is 0 Å². The number of aromatic nitrogens is 2. The average Bonchev–Trinajstić information content (AvgIpc) is 2.82. The molecule has 1 saturated carbocycles. The highest BCUT2D eigenvalue weighted by Gasteiger charge is 2.36. The maximum Gasteiger partial charge on any atom is 0.143 e. The number of hydrogen-bond acceptors (Lipinski definition) is 4. The van der Waals surface area contributed by atoms with Crippen molar-refractivity contribution >= 4 is 16.7 Å². The lowest BCUT2D eigenvalue weighted by molar-refractivity contribution is 0.195. The molecule has 2 unspecified atom stereocenters. The summed E-state index contributed by atoms with van der Waals surface area (Å²) in [5, 5.41) is 1.05. The van der Waals surface area contributed by atoms with Crippen molar-refractivity contribution in [3.63, 3.8) is 0 Å². The Morgan fingerprint density at radius 3 is 3.17 bits per heavy atom. The van der Waals surface area contributed by atoms with Crippen LogP contribution >= 0.6 is 0 Å². The molecule has 1 fully saturated rings. The van der Waals surface area contributed by atoms with E-state index in [1.807, 2.05) is 18.2 Å². The Morgan fingerprint density at radius 1 is 1.28 bits per heavy atom. The van der Waals surface area contributed by atoms with E-state index in [1.165, 1.54) is 12.8 Å². The molecule has 1 aromatic carbocycles. The Hall–Kier alpha value is -1.84. The third-order valence-corrected chi connectivity index (χ3v) is 4.13. The van der Waals surface area contributed by atoms with Crippen LogP contribution in [0.25, 0.3) is 10.9 Å². The smallest absolute Gasteiger partial charge is 0.143 e. The Balaban J connectivity index is 2.01. The summed E-state index contributed by atoms with van der Waals surface area (Å²) in [6, 6.07) is 6.49.